The van der Waals surface area contributed by atoms with Crippen molar-refractivity contribution >= 4 is 12.0 Å². The fraction of sp³-hybridized carbons (Fsp3) is 0.667. The van der Waals surface area contributed by atoms with Crippen LogP contribution in [0.25, 0.3) is 0 Å². The molecule has 0 saturated carbocycles. The molecule has 2 amide bonds. The van der Waals surface area contributed by atoms with Crippen molar-refractivity contribution in [3.05, 3.63) is 24.0 Å². The molecule has 2 aliphatic heterocycles. The van der Waals surface area contributed by atoms with Gasteiger partial charge in [-0.25, -0.2) is 4.79 Å². The Balaban J connectivity index is 1.62. The summed E-state index contributed by atoms with van der Waals surface area (Å²) >= 11 is 0. The Hall–Kier alpha value is -1.98. The molecule has 1 aromatic rings. The Kier molecular flexibility index (Phi) is 4.32. The van der Waals surface area contributed by atoms with E-state index in [2.05, 4.69) is 23.8 Å². The predicted molar refractivity (Wildman–Crippen MR) is 90.5 cm³/mol. The molecule has 0 aliphatic carbocycles. The lowest BCUT2D eigenvalue weighted by molar-refractivity contribution is -0.138. The van der Waals surface area contributed by atoms with Gasteiger partial charge in [-0.05, 0) is 46.2 Å². The first-order chi connectivity index (χ1) is 11.3. The number of nitrogens with zero attached hydrogens (tertiary/aromatic N) is 3. The van der Waals surface area contributed by atoms with Gasteiger partial charge in [0.2, 0.25) is 5.91 Å². The van der Waals surface area contributed by atoms with Gasteiger partial charge in [-0.15, -0.1) is 0 Å². The molecular formula is C18H27N3O3. The molecule has 1 saturated heterocycles. The van der Waals surface area contributed by atoms with Crippen LogP contribution in [-0.2, 0) is 16.1 Å². The molecule has 2 aliphatic rings. The van der Waals surface area contributed by atoms with Crippen LogP contribution in [-0.4, -0.2) is 51.6 Å². The molecule has 0 N–H and O–H groups in total. The third kappa shape index (κ3) is 3.28. The van der Waals surface area contributed by atoms with Crippen LogP contribution in [0.1, 0.15) is 45.9 Å². The van der Waals surface area contributed by atoms with Gasteiger partial charge in [-0.1, -0.05) is 0 Å². The standard InChI is InChI=1S/C18H27N3O3/c1-13-15-6-5-8-19(15)10-11-21(13)16(22)14-7-9-20(12-14)17(23)24-18(2,3)4/h5-6,8,13-14H,7,9-12H2,1-4H3/t13-,14-/m0/s1. The summed E-state index contributed by atoms with van der Waals surface area (Å²) in [6.45, 7) is 10.2. The lowest BCUT2D eigenvalue weighted by Gasteiger charge is -2.36. The van der Waals surface area contributed by atoms with Gasteiger partial charge in [0, 0.05) is 38.1 Å². The normalized spacial score (nSPS) is 24.0. The molecule has 24 heavy (non-hydrogen) atoms. The lowest BCUT2D eigenvalue weighted by atomic mass is 10.0. The molecular weight excluding hydrogens is 306 g/mol. The molecule has 132 valence electrons. The molecule has 3 rings (SSSR count). The van der Waals surface area contributed by atoms with Crippen LogP contribution in [0.3, 0.4) is 0 Å². The average molecular weight is 333 g/mol. The van der Waals surface area contributed by atoms with Crippen molar-refractivity contribution in [2.45, 2.75) is 52.3 Å². The highest BCUT2D eigenvalue weighted by Gasteiger charge is 2.38. The minimum absolute atomic E-state index is 0.0804. The monoisotopic (exact) mass is 333 g/mol. The minimum Gasteiger partial charge on any atom is -0.444 e. The fourth-order valence-electron chi connectivity index (χ4n) is 3.57. The zero-order chi connectivity index (χ0) is 17.5. The van der Waals surface area contributed by atoms with Gasteiger partial charge < -0.3 is 19.1 Å². The molecule has 1 fully saturated rings. The Labute approximate surface area is 143 Å². The number of likely N-dealkylation sites (tertiary alicyclic amines) is 1. The van der Waals surface area contributed by atoms with Gasteiger partial charge in [0.25, 0.3) is 0 Å². The highest BCUT2D eigenvalue weighted by molar-refractivity contribution is 5.81. The van der Waals surface area contributed by atoms with E-state index >= 15 is 0 Å². The highest BCUT2D eigenvalue weighted by Crippen LogP contribution is 2.29. The SMILES string of the molecule is C[C@H]1c2cccn2CCN1C(=O)[C@H]1CCN(C(=O)OC(C)(C)C)C1. The topological polar surface area (TPSA) is 54.8 Å². The van der Waals surface area contributed by atoms with Crippen LogP contribution < -0.4 is 0 Å². The van der Waals surface area contributed by atoms with Crippen molar-refractivity contribution in [3.63, 3.8) is 0 Å². The van der Waals surface area contributed by atoms with E-state index in [0.29, 0.717) is 19.5 Å². The van der Waals surface area contributed by atoms with E-state index in [1.165, 1.54) is 5.69 Å². The third-order valence-electron chi connectivity index (χ3n) is 4.81. The Bertz CT molecular complexity index is 632. The predicted octanol–water partition coefficient (Wildman–Crippen LogP) is 2.65. The molecule has 6 heteroatoms. The number of carbonyl (C=O) groups is 2. The van der Waals surface area contributed by atoms with E-state index in [0.717, 1.165) is 13.1 Å². The Morgan fingerprint density at radius 2 is 1.96 bits per heavy atom. The molecule has 0 bridgehead atoms. The van der Waals surface area contributed by atoms with Crippen molar-refractivity contribution in [1.82, 2.24) is 14.4 Å². The van der Waals surface area contributed by atoms with Gasteiger partial charge in [0.1, 0.15) is 5.60 Å². The van der Waals surface area contributed by atoms with Crippen molar-refractivity contribution in [3.8, 4) is 0 Å². The zero-order valence-electron chi connectivity index (χ0n) is 15.0. The molecule has 6 nitrogen and oxygen atoms in total. The van der Waals surface area contributed by atoms with Crippen LogP contribution in [0.5, 0.6) is 0 Å². The van der Waals surface area contributed by atoms with Crippen LogP contribution in [0.15, 0.2) is 18.3 Å². The smallest absolute Gasteiger partial charge is 0.410 e. The summed E-state index contributed by atoms with van der Waals surface area (Å²) in [5.41, 5.74) is 0.669. The minimum atomic E-state index is -0.508. The first-order valence-corrected chi connectivity index (χ1v) is 8.70. The van der Waals surface area contributed by atoms with Gasteiger partial charge in [-0.2, -0.15) is 0 Å². The Morgan fingerprint density at radius 1 is 1.21 bits per heavy atom. The summed E-state index contributed by atoms with van der Waals surface area (Å²) < 4.78 is 7.62. The molecule has 1 aromatic heterocycles. The van der Waals surface area contributed by atoms with Crippen LogP contribution >= 0.6 is 0 Å². The summed E-state index contributed by atoms with van der Waals surface area (Å²) in [5, 5.41) is 0. The number of ether oxygens (including phenoxy) is 1. The van der Waals surface area contributed by atoms with E-state index < -0.39 is 5.60 Å². The van der Waals surface area contributed by atoms with Gasteiger partial charge >= 0.3 is 6.09 Å². The fourth-order valence-corrected chi connectivity index (χ4v) is 3.57. The van der Waals surface area contributed by atoms with Crippen molar-refractivity contribution in [2.24, 2.45) is 5.92 Å². The van der Waals surface area contributed by atoms with Crippen LogP contribution in [0.4, 0.5) is 4.79 Å². The summed E-state index contributed by atoms with van der Waals surface area (Å²) in [5.74, 6) is 0.0301. The molecule has 0 unspecified atom stereocenters. The van der Waals surface area contributed by atoms with Crippen molar-refractivity contribution in [1.29, 1.82) is 0 Å². The van der Waals surface area contributed by atoms with Gasteiger partial charge in [0.05, 0.1) is 12.0 Å². The zero-order valence-corrected chi connectivity index (χ0v) is 15.0. The molecule has 0 aromatic carbocycles. The number of fused-ring (bicyclic) bond motifs is 1. The first kappa shape index (κ1) is 16.9. The number of hydrogen-bond donors (Lipinski definition) is 0. The highest BCUT2D eigenvalue weighted by atomic mass is 16.6. The van der Waals surface area contributed by atoms with E-state index in [1.807, 2.05) is 31.7 Å². The molecule has 0 radical (unpaired) electrons. The summed E-state index contributed by atoms with van der Waals surface area (Å²) in [4.78, 5) is 28.7. The molecule has 3 heterocycles. The average Bonchev–Trinajstić information content (AvgIpc) is 3.15. The lowest BCUT2D eigenvalue weighted by Crippen LogP contribution is -2.44. The maximum atomic E-state index is 12.9. The second-order valence-electron chi connectivity index (χ2n) is 7.75. The number of amides is 2. The first-order valence-electron chi connectivity index (χ1n) is 8.70. The number of carbonyl (C=O) groups excluding carboxylic acids is 2. The van der Waals surface area contributed by atoms with Crippen molar-refractivity contribution in [2.75, 3.05) is 19.6 Å². The van der Waals surface area contributed by atoms with Crippen LogP contribution in [0.2, 0.25) is 0 Å². The number of aromatic nitrogens is 1. The van der Waals surface area contributed by atoms with Gasteiger partial charge in [-0.3, -0.25) is 4.79 Å². The molecule has 2 atom stereocenters. The number of rotatable bonds is 1. The second-order valence-corrected chi connectivity index (χ2v) is 7.75. The van der Waals surface area contributed by atoms with E-state index in [9.17, 15) is 9.59 Å². The van der Waals surface area contributed by atoms with E-state index in [4.69, 9.17) is 4.74 Å². The van der Waals surface area contributed by atoms with Crippen molar-refractivity contribution < 1.29 is 14.3 Å². The quantitative estimate of drug-likeness (QED) is 0.794. The summed E-state index contributed by atoms with van der Waals surface area (Å²) in [6.07, 6.45) is 2.45. The molecule has 0 spiro atoms. The summed E-state index contributed by atoms with van der Waals surface area (Å²) in [7, 11) is 0. The Morgan fingerprint density at radius 3 is 2.67 bits per heavy atom. The maximum Gasteiger partial charge on any atom is 0.410 e. The van der Waals surface area contributed by atoms with E-state index in [-0.39, 0.29) is 24.0 Å². The number of hydrogen-bond acceptors (Lipinski definition) is 3. The third-order valence-corrected chi connectivity index (χ3v) is 4.81. The summed E-state index contributed by atoms with van der Waals surface area (Å²) in [6, 6.07) is 4.18. The second kappa shape index (κ2) is 6.15. The van der Waals surface area contributed by atoms with Gasteiger partial charge in [0.15, 0.2) is 0 Å². The maximum absolute atomic E-state index is 12.9. The van der Waals surface area contributed by atoms with Crippen LogP contribution in [0, 0.1) is 5.92 Å². The van der Waals surface area contributed by atoms with E-state index in [1.54, 1.807) is 4.90 Å². The largest absolute Gasteiger partial charge is 0.444 e.